The summed E-state index contributed by atoms with van der Waals surface area (Å²) in [4.78, 5) is 11.3. The van der Waals surface area contributed by atoms with E-state index in [1.54, 1.807) is 0 Å². The van der Waals surface area contributed by atoms with Crippen LogP contribution in [0.2, 0.25) is 0 Å². The number of hydrogen-bond donors (Lipinski definition) is 3. The number of rotatable bonds is 5. The van der Waals surface area contributed by atoms with Crippen molar-refractivity contribution in [3.05, 3.63) is 0 Å². The van der Waals surface area contributed by atoms with Crippen molar-refractivity contribution in [2.75, 3.05) is 19.8 Å². The second-order valence-electron chi connectivity index (χ2n) is 4.32. The molecule has 5 heteroatoms. The highest BCUT2D eigenvalue weighted by molar-refractivity contribution is 5.75. The quantitative estimate of drug-likeness (QED) is 0.572. The zero-order valence-corrected chi connectivity index (χ0v) is 9.16. The minimum absolute atomic E-state index is 0.0358. The molecular formula is C10H20N2O3. The molecule has 0 aromatic rings. The van der Waals surface area contributed by atoms with Crippen LogP contribution in [-0.2, 0) is 9.53 Å². The van der Waals surface area contributed by atoms with Crippen LogP contribution in [0.25, 0.3) is 0 Å². The molecular weight excluding hydrogens is 196 g/mol. The van der Waals surface area contributed by atoms with Crippen LogP contribution in [0, 0.1) is 0 Å². The van der Waals surface area contributed by atoms with E-state index in [4.69, 9.17) is 10.5 Å². The first-order valence-electron chi connectivity index (χ1n) is 5.34. The Hall–Kier alpha value is -0.650. The van der Waals surface area contributed by atoms with Crippen molar-refractivity contribution in [1.82, 2.24) is 5.32 Å². The second kappa shape index (κ2) is 5.44. The number of nitrogens with one attached hydrogen (secondary N) is 1. The van der Waals surface area contributed by atoms with Crippen molar-refractivity contribution in [3.63, 3.8) is 0 Å². The molecule has 0 spiro atoms. The lowest BCUT2D eigenvalue weighted by atomic mass is 10.0. The molecule has 0 aromatic carbocycles. The molecule has 1 fully saturated rings. The topological polar surface area (TPSA) is 84.6 Å². The third-order valence-electron chi connectivity index (χ3n) is 2.52. The predicted octanol–water partition coefficient (Wildman–Crippen LogP) is -0.619. The maximum Gasteiger partial charge on any atom is 0.220 e. The van der Waals surface area contributed by atoms with Gasteiger partial charge in [0.05, 0.1) is 6.61 Å². The summed E-state index contributed by atoms with van der Waals surface area (Å²) < 4.78 is 5.07. The minimum Gasteiger partial charge on any atom is -0.386 e. The van der Waals surface area contributed by atoms with Gasteiger partial charge >= 0.3 is 0 Å². The molecule has 0 saturated carbocycles. The standard InChI is InChI=1S/C10H20N2O3/c1-8(11)2-3-9(13)12-6-10(14)4-5-15-7-10/h8,14H,2-7,11H2,1H3,(H,12,13). The number of amides is 1. The van der Waals surface area contributed by atoms with Crippen molar-refractivity contribution >= 4 is 5.91 Å². The molecule has 0 aliphatic carbocycles. The summed E-state index contributed by atoms with van der Waals surface area (Å²) in [5, 5.41) is 12.5. The maximum absolute atomic E-state index is 11.3. The van der Waals surface area contributed by atoms with Crippen LogP contribution in [0.1, 0.15) is 26.2 Å². The van der Waals surface area contributed by atoms with Gasteiger partial charge in [-0.15, -0.1) is 0 Å². The zero-order valence-electron chi connectivity index (χ0n) is 9.16. The third-order valence-corrected chi connectivity index (χ3v) is 2.52. The minimum atomic E-state index is -0.871. The molecule has 1 saturated heterocycles. The van der Waals surface area contributed by atoms with Crippen LogP contribution in [0.15, 0.2) is 0 Å². The monoisotopic (exact) mass is 216 g/mol. The lowest BCUT2D eigenvalue weighted by Gasteiger charge is -2.20. The summed E-state index contributed by atoms with van der Waals surface area (Å²) in [6, 6.07) is 0.0358. The Morgan fingerprint density at radius 3 is 3.00 bits per heavy atom. The van der Waals surface area contributed by atoms with Crippen molar-refractivity contribution in [2.24, 2.45) is 5.73 Å². The van der Waals surface area contributed by atoms with Crippen molar-refractivity contribution in [1.29, 1.82) is 0 Å². The number of carbonyl (C=O) groups excluding carboxylic acids is 1. The van der Waals surface area contributed by atoms with E-state index in [2.05, 4.69) is 5.32 Å². The van der Waals surface area contributed by atoms with Crippen LogP contribution in [0.3, 0.4) is 0 Å². The largest absolute Gasteiger partial charge is 0.386 e. The fourth-order valence-corrected chi connectivity index (χ4v) is 1.45. The van der Waals surface area contributed by atoms with E-state index in [0.717, 1.165) is 0 Å². The van der Waals surface area contributed by atoms with Gasteiger partial charge < -0.3 is 20.9 Å². The molecule has 1 rings (SSSR count). The average molecular weight is 216 g/mol. The van der Waals surface area contributed by atoms with E-state index in [0.29, 0.717) is 32.5 Å². The van der Waals surface area contributed by atoms with Gasteiger partial charge in [-0.05, 0) is 13.3 Å². The van der Waals surface area contributed by atoms with Crippen LogP contribution < -0.4 is 11.1 Å². The molecule has 15 heavy (non-hydrogen) atoms. The van der Waals surface area contributed by atoms with Gasteiger partial charge in [0.2, 0.25) is 5.91 Å². The molecule has 1 aliphatic heterocycles. The Kier molecular flexibility index (Phi) is 4.50. The Balaban J connectivity index is 2.16. The Labute approximate surface area is 90.0 Å². The van der Waals surface area contributed by atoms with E-state index in [9.17, 15) is 9.90 Å². The van der Waals surface area contributed by atoms with E-state index in [1.165, 1.54) is 0 Å². The molecule has 0 bridgehead atoms. The molecule has 1 heterocycles. The Bertz CT molecular complexity index is 213. The summed E-state index contributed by atoms with van der Waals surface area (Å²) in [6.45, 7) is 3.00. The maximum atomic E-state index is 11.3. The van der Waals surface area contributed by atoms with E-state index < -0.39 is 5.60 Å². The fraction of sp³-hybridized carbons (Fsp3) is 0.900. The van der Waals surface area contributed by atoms with Crippen LogP contribution in [0.5, 0.6) is 0 Å². The fourth-order valence-electron chi connectivity index (χ4n) is 1.45. The van der Waals surface area contributed by atoms with Gasteiger partial charge in [0.1, 0.15) is 5.60 Å². The molecule has 1 amide bonds. The summed E-state index contributed by atoms with van der Waals surface area (Å²) in [5.41, 5.74) is 4.66. The molecule has 0 radical (unpaired) electrons. The first-order valence-corrected chi connectivity index (χ1v) is 5.34. The van der Waals surface area contributed by atoms with Gasteiger partial charge in [-0.2, -0.15) is 0 Å². The third kappa shape index (κ3) is 4.59. The van der Waals surface area contributed by atoms with Crippen LogP contribution in [0.4, 0.5) is 0 Å². The van der Waals surface area contributed by atoms with Gasteiger partial charge in [-0.3, -0.25) is 4.79 Å². The van der Waals surface area contributed by atoms with Gasteiger partial charge in [-0.1, -0.05) is 0 Å². The summed E-state index contributed by atoms with van der Waals surface area (Å²) in [5.74, 6) is -0.0624. The highest BCUT2D eigenvalue weighted by Crippen LogP contribution is 2.16. The summed E-state index contributed by atoms with van der Waals surface area (Å²) in [6.07, 6.45) is 1.66. The first-order chi connectivity index (χ1) is 7.02. The number of ether oxygens (including phenoxy) is 1. The van der Waals surface area contributed by atoms with Crippen molar-refractivity contribution < 1.29 is 14.6 Å². The normalized spacial score (nSPS) is 27.7. The molecule has 2 unspecified atom stereocenters. The average Bonchev–Trinajstić information content (AvgIpc) is 2.60. The number of aliphatic hydroxyl groups is 1. The molecule has 88 valence electrons. The van der Waals surface area contributed by atoms with Gasteiger partial charge in [0.15, 0.2) is 0 Å². The van der Waals surface area contributed by atoms with Gasteiger partial charge in [0, 0.05) is 32.0 Å². The van der Waals surface area contributed by atoms with E-state index in [1.807, 2.05) is 6.92 Å². The van der Waals surface area contributed by atoms with Crippen molar-refractivity contribution in [2.45, 2.75) is 37.8 Å². The lowest BCUT2D eigenvalue weighted by Crippen LogP contribution is -2.43. The summed E-state index contributed by atoms with van der Waals surface area (Å²) >= 11 is 0. The number of nitrogens with two attached hydrogens (primary N) is 1. The van der Waals surface area contributed by atoms with Gasteiger partial charge in [0.25, 0.3) is 0 Å². The molecule has 5 nitrogen and oxygen atoms in total. The highest BCUT2D eigenvalue weighted by Gasteiger charge is 2.32. The molecule has 2 atom stereocenters. The second-order valence-corrected chi connectivity index (χ2v) is 4.32. The SMILES string of the molecule is CC(N)CCC(=O)NCC1(O)CCOC1. The Morgan fingerprint density at radius 1 is 1.73 bits per heavy atom. The molecule has 1 aliphatic rings. The molecule has 4 N–H and O–H groups in total. The smallest absolute Gasteiger partial charge is 0.220 e. The predicted molar refractivity (Wildman–Crippen MR) is 56.3 cm³/mol. The lowest BCUT2D eigenvalue weighted by molar-refractivity contribution is -0.122. The first kappa shape index (κ1) is 12.4. The van der Waals surface area contributed by atoms with Crippen molar-refractivity contribution in [3.8, 4) is 0 Å². The Morgan fingerprint density at radius 2 is 2.47 bits per heavy atom. The van der Waals surface area contributed by atoms with Crippen LogP contribution >= 0.6 is 0 Å². The van der Waals surface area contributed by atoms with Crippen LogP contribution in [-0.4, -0.2) is 42.4 Å². The van der Waals surface area contributed by atoms with E-state index >= 15 is 0 Å². The number of carbonyl (C=O) groups is 1. The summed E-state index contributed by atoms with van der Waals surface area (Å²) in [7, 11) is 0. The number of hydrogen-bond acceptors (Lipinski definition) is 4. The highest BCUT2D eigenvalue weighted by atomic mass is 16.5. The zero-order chi connectivity index (χ0) is 11.3. The molecule has 0 aromatic heterocycles. The van der Waals surface area contributed by atoms with E-state index in [-0.39, 0.29) is 18.5 Å². The van der Waals surface area contributed by atoms with Gasteiger partial charge in [-0.25, -0.2) is 0 Å².